The average Bonchev–Trinajstić information content (AvgIpc) is 2.40. The fourth-order valence-corrected chi connectivity index (χ4v) is 2.68. The van der Waals surface area contributed by atoms with Crippen LogP contribution in [0.2, 0.25) is 0 Å². The Labute approximate surface area is 127 Å². The van der Waals surface area contributed by atoms with Crippen LogP contribution >= 0.6 is 0 Å². The van der Waals surface area contributed by atoms with E-state index >= 15 is 0 Å². The summed E-state index contributed by atoms with van der Waals surface area (Å²) >= 11 is 0. The number of rotatable bonds is 6. The number of benzene rings is 1. The summed E-state index contributed by atoms with van der Waals surface area (Å²) in [4.78, 5) is 14.3. The topological polar surface area (TPSA) is 40.5 Å². The van der Waals surface area contributed by atoms with Crippen LogP contribution < -0.4 is 0 Å². The standard InChI is InChI=1S/C18H25NO2/c1-14-7-8-16(15(2)13-14)9-10-18(21)19(11-4-12-20)17-5-3-6-17/h7-10,13,17,20H,3-6,11-12H2,1-2H3/b10-9+. The zero-order valence-corrected chi connectivity index (χ0v) is 13.0. The molecule has 1 fully saturated rings. The molecule has 3 heteroatoms. The Balaban J connectivity index is 2.04. The maximum Gasteiger partial charge on any atom is 0.246 e. The summed E-state index contributed by atoms with van der Waals surface area (Å²) in [6.07, 6.45) is 7.62. The lowest BCUT2D eigenvalue weighted by molar-refractivity contribution is -0.130. The molecule has 0 atom stereocenters. The second-order valence-electron chi connectivity index (χ2n) is 5.89. The van der Waals surface area contributed by atoms with Crippen molar-refractivity contribution in [1.29, 1.82) is 0 Å². The lowest BCUT2D eigenvalue weighted by atomic mass is 9.91. The van der Waals surface area contributed by atoms with Crippen LogP contribution in [0.5, 0.6) is 0 Å². The maximum absolute atomic E-state index is 12.4. The second-order valence-corrected chi connectivity index (χ2v) is 5.89. The SMILES string of the molecule is Cc1ccc(/C=C/C(=O)N(CCCO)C2CCC2)c(C)c1. The first-order valence-corrected chi connectivity index (χ1v) is 7.78. The second kappa shape index (κ2) is 7.41. The van der Waals surface area contributed by atoms with Gasteiger partial charge in [0.05, 0.1) is 0 Å². The van der Waals surface area contributed by atoms with Crippen molar-refractivity contribution in [2.45, 2.75) is 45.6 Å². The normalized spacial score (nSPS) is 15.2. The molecular weight excluding hydrogens is 262 g/mol. The first-order valence-electron chi connectivity index (χ1n) is 7.78. The van der Waals surface area contributed by atoms with Crippen LogP contribution in [0.4, 0.5) is 0 Å². The van der Waals surface area contributed by atoms with E-state index in [1.54, 1.807) is 6.08 Å². The Hall–Kier alpha value is -1.61. The fourth-order valence-electron chi connectivity index (χ4n) is 2.68. The summed E-state index contributed by atoms with van der Waals surface area (Å²) < 4.78 is 0. The minimum absolute atomic E-state index is 0.0631. The third kappa shape index (κ3) is 4.18. The number of amides is 1. The monoisotopic (exact) mass is 287 g/mol. The molecular formula is C18H25NO2. The van der Waals surface area contributed by atoms with E-state index in [0.29, 0.717) is 19.0 Å². The summed E-state index contributed by atoms with van der Waals surface area (Å²) in [5.74, 6) is 0.0631. The van der Waals surface area contributed by atoms with Crippen molar-refractivity contribution in [3.63, 3.8) is 0 Å². The molecule has 2 rings (SSSR count). The molecule has 0 spiro atoms. The van der Waals surface area contributed by atoms with Gasteiger partial charge in [-0.15, -0.1) is 0 Å². The number of aryl methyl sites for hydroxylation is 2. The summed E-state index contributed by atoms with van der Waals surface area (Å²) in [6, 6.07) is 6.61. The van der Waals surface area contributed by atoms with Gasteiger partial charge in [0.1, 0.15) is 0 Å². The highest BCUT2D eigenvalue weighted by Crippen LogP contribution is 2.25. The summed E-state index contributed by atoms with van der Waals surface area (Å²) in [5.41, 5.74) is 3.50. The Bertz CT molecular complexity index is 518. The molecule has 0 radical (unpaired) electrons. The quantitative estimate of drug-likeness (QED) is 0.817. The minimum atomic E-state index is 0.0631. The molecule has 1 saturated carbocycles. The molecule has 0 saturated heterocycles. The maximum atomic E-state index is 12.4. The van der Waals surface area contributed by atoms with Crippen molar-refractivity contribution in [2.75, 3.05) is 13.2 Å². The van der Waals surface area contributed by atoms with Crippen LogP contribution in [-0.2, 0) is 4.79 Å². The molecule has 0 heterocycles. The molecule has 0 bridgehead atoms. The van der Waals surface area contributed by atoms with E-state index in [9.17, 15) is 4.79 Å². The van der Waals surface area contributed by atoms with Gasteiger partial charge in [0.25, 0.3) is 0 Å². The molecule has 3 nitrogen and oxygen atoms in total. The van der Waals surface area contributed by atoms with Crippen molar-refractivity contribution in [1.82, 2.24) is 4.90 Å². The molecule has 0 unspecified atom stereocenters. The Morgan fingerprint density at radius 2 is 2.14 bits per heavy atom. The number of hydrogen-bond donors (Lipinski definition) is 1. The van der Waals surface area contributed by atoms with Crippen molar-refractivity contribution in [2.24, 2.45) is 0 Å². The highest BCUT2D eigenvalue weighted by atomic mass is 16.3. The molecule has 1 N–H and O–H groups in total. The van der Waals surface area contributed by atoms with Gasteiger partial charge < -0.3 is 10.0 Å². The van der Waals surface area contributed by atoms with Crippen LogP contribution in [0, 0.1) is 13.8 Å². The molecule has 0 aliphatic heterocycles. The van der Waals surface area contributed by atoms with Crippen LogP contribution in [0.1, 0.15) is 42.4 Å². The number of carbonyl (C=O) groups excluding carboxylic acids is 1. The number of aliphatic hydroxyl groups excluding tert-OH is 1. The first-order chi connectivity index (χ1) is 10.1. The van der Waals surface area contributed by atoms with Crippen LogP contribution in [0.3, 0.4) is 0 Å². The van der Waals surface area contributed by atoms with E-state index in [4.69, 9.17) is 5.11 Å². The van der Waals surface area contributed by atoms with Crippen LogP contribution in [-0.4, -0.2) is 35.1 Å². The van der Waals surface area contributed by atoms with E-state index in [0.717, 1.165) is 18.4 Å². The van der Waals surface area contributed by atoms with E-state index in [-0.39, 0.29) is 12.5 Å². The van der Waals surface area contributed by atoms with Gasteiger partial charge in [-0.2, -0.15) is 0 Å². The van der Waals surface area contributed by atoms with E-state index in [1.807, 2.05) is 11.0 Å². The summed E-state index contributed by atoms with van der Waals surface area (Å²) in [6.45, 7) is 4.92. The number of hydrogen-bond acceptors (Lipinski definition) is 2. The first kappa shape index (κ1) is 15.8. The molecule has 1 aromatic rings. The molecule has 21 heavy (non-hydrogen) atoms. The number of carbonyl (C=O) groups is 1. The molecule has 1 aromatic carbocycles. The fraction of sp³-hybridized carbons (Fsp3) is 0.500. The van der Waals surface area contributed by atoms with Gasteiger partial charge in [-0.3, -0.25) is 4.79 Å². The van der Waals surface area contributed by atoms with Gasteiger partial charge in [0, 0.05) is 25.3 Å². The zero-order chi connectivity index (χ0) is 15.2. The average molecular weight is 287 g/mol. The molecule has 1 amide bonds. The van der Waals surface area contributed by atoms with Gasteiger partial charge in [-0.05, 0) is 56.7 Å². The highest BCUT2D eigenvalue weighted by Gasteiger charge is 2.26. The van der Waals surface area contributed by atoms with Crippen molar-refractivity contribution in [3.05, 3.63) is 41.0 Å². The van der Waals surface area contributed by atoms with Gasteiger partial charge in [0.2, 0.25) is 5.91 Å². The van der Waals surface area contributed by atoms with Crippen molar-refractivity contribution < 1.29 is 9.90 Å². The van der Waals surface area contributed by atoms with Crippen molar-refractivity contribution in [3.8, 4) is 0 Å². The number of aliphatic hydroxyl groups is 1. The Morgan fingerprint density at radius 1 is 1.38 bits per heavy atom. The highest BCUT2D eigenvalue weighted by molar-refractivity contribution is 5.92. The van der Waals surface area contributed by atoms with E-state index < -0.39 is 0 Å². The summed E-state index contributed by atoms with van der Waals surface area (Å²) in [7, 11) is 0. The number of nitrogens with zero attached hydrogens (tertiary/aromatic N) is 1. The molecule has 114 valence electrons. The minimum Gasteiger partial charge on any atom is -0.396 e. The van der Waals surface area contributed by atoms with Gasteiger partial charge in [-0.25, -0.2) is 0 Å². The lowest BCUT2D eigenvalue weighted by Crippen LogP contribution is -2.44. The molecule has 1 aliphatic rings. The molecule has 1 aliphatic carbocycles. The smallest absolute Gasteiger partial charge is 0.246 e. The van der Waals surface area contributed by atoms with E-state index in [1.165, 1.54) is 17.5 Å². The van der Waals surface area contributed by atoms with E-state index in [2.05, 4.69) is 32.0 Å². The third-order valence-electron chi connectivity index (χ3n) is 4.19. The predicted octanol–water partition coefficient (Wildman–Crippen LogP) is 3.08. The van der Waals surface area contributed by atoms with Crippen molar-refractivity contribution >= 4 is 12.0 Å². The third-order valence-corrected chi connectivity index (χ3v) is 4.19. The Morgan fingerprint density at radius 3 is 2.71 bits per heavy atom. The van der Waals surface area contributed by atoms with Gasteiger partial charge in [0.15, 0.2) is 0 Å². The molecule has 0 aromatic heterocycles. The van der Waals surface area contributed by atoms with Crippen LogP contribution in [0.15, 0.2) is 24.3 Å². The summed E-state index contributed by atoms with van der Waals surface area (Å²) in [5, 5.41) is 8.98. The Kier molecular flexibility index (Phi) is 5.57. The van der Waals surface area contributed by atoms with Gasteiger partial charge in [-0.1, -0.05) is 23.8 Å². The predicted molar refractivity (Wildman–Crippen MR) is 86.0 cm³/mol. The largest absolute Gasteiger partial charge is 0.396 e. The van der Waals surface area contributed by atoms with Gasteiger partial charge >= 0.3 is 0 Å². The zero-order valence-electron chi connectivity index (χ0n) is 13.0. The lowest BCUT2D eigenvalue weighted by Gasteiger charge is -2.37. The van der Waals surface area contributed by atoms with Crippen LogP contribution in [0.25, 0.3) is 6.08 Å².